The highest BCUT2D eigenvalue weighted by Gasteiger charge is 2.45. The predicted molar refractivity (Wildman–Crippen MR) is 107 cm³/mol. The van der Waals surface area contributed by atoms with Gasteiger partial charge in [0.15, 0.2) is 0 Å². The molecule has 9 nitrogen and oxygen atoms in total. The van der Waals surface area contributed by atoms with E-state index in [4.69, 9.17) is 9.47 Å². The van der Waals surface area contributed by atoms with E-state index < -0.39 is 22.0 Å². The van der Waals surface area contributed by atoms with Gasteiger partial charge in [0.25, 0.3) is 11.8 Å². The lowest BCUT2D eigenvalue weighted by molar-refractivity contribution is -0.130. The number of rotatable bonds is 6. The molecule has 160 valence electrons. The lowest BCUT2D eigenvalue weighted by atomic mass is 10.1. The van der Waals surface area contributed by atoms with Crippen LogP contribution in [0.3, 0.4) is 0 Å². The zero-order chi connectivity index (χ0) is 21.2. The van der Waals surface area contributed by atoms with E-state index >= 15 is 0 Å². The van der Waals surface area contributed by atoms with Crippen molar-refractivity contribution < 1.29 is 27.5 Å². The highest BCUT2D eigenvalue weighted by molar-refractivity contribution is 7.89. The average Bonchev–Trinajstić information content (AvgIpc) is 3.08. The molecule has 0 aliphatic carbocycles. The Labute approximate surface area is 171 Å². The molecule has 29 heavy (non-hydrogen) atoms. The fourth-order valence-electron chi connectivity index (χ4n) is 3.86. The molecule has 1 aromatic carbocycles. The zero-order valence-electron chi connectivity index (χ0n) is 16.9. The van der Waals surface area contributed by atoms with Gasteiger partial charge in [-0.3, -0.25) is 14.5 Å². The van der Waals surface area contributed by atoms with Crippen LogP contribution in [0.2, 0.25) is 0 Å². The molecule has 3 rings (SSSR count). The van der Waals surface area contributed by atoms with Gasteiger partial charge in [0.05, 0.1) is 31.6 Å². The van der Waals surface area contributed by atoms with Gasteiger partial charge in [-0.1, -0.05) is 6.92 Å². The number of carbonyl (C=O) groups is 2. The number of methoxy groups -OCH3 is 2. The molecule has 0 saturated carbocycles. The van der Waals surface area contributed by atoms with Crippen LogP contribution < -0.4 is 14.8 Å². The van der Waals surface area contributed by atoms with Crippen LogP contribution in [0.15, 0.2) is 18.2 Å². The largest absolute Gasteiger partial charge is 0.497 e. The molecular formula is C19H27N3O6S. The molecule has 0 aromatic heterocycles. The first-order valence-electron chi connectivity index (χ1n) is 9.62. The van der Waals surface area contributed by atoms with Gasteiger partial charge < -0.3 is 14.8 Å². The summed E-state index contributed by atoms with van der Waals surface area (Å²) in [7, 11) is -0.575. The molecule has 2 fully saturated rings. The van der Waals surface area contributed by atoms with Crippen molar-refractivity contribution in [3.63, 3.8) is 0 Å². The van der Waals surface area contributed by atoms with Gasteiger partial charge >= 0.3 is 0 Å². The SMILES string of the molecule is CCCN1C(=O)[C@@H]2C[C@H](NC(=O)c3ccc(OC)cc3OC)CN2CCS1(=O)=O. The van der Waals surface area contributed by atoms with Gasteiger partial charge in [-0.05, 0) is 25.0 Å². The first kappa shape index (κ1) is 21.4. The number of nitrogens with one attached hydrogen (secondary N) is 1. The lowest BCUT2D eigenvalue weighted by Crippen LogP contribution is -2.44. The van der Waals surface area contributed by atoms with Crippen molar-refractivity contribution in [2.45, 2.75) is 31.8 Å². The van der Waals surface area contributed by atoms with Crippen molar-refractivity contribution in [2.75, 3.05) is 39.6 Å². The van der Waals surface area contributed by atoms with E-state index in [0.29, 0.717) is 36.4 Å². The second-order valence-corrected chi connectivity index (χ2v) is 9.22. The quantitative estimate of drug-likeness (QED) is 0.706. The van der Waals surface area contributed by atoms with Gasteiger partial charge in [-0.25, -0.2) is 12.7 Å². The monoisotopic (exact) mass is 425 g/mol. The van der Waals surface area contributed by atoms with Gasteiger partial charge in [0, 0.05) is 31.7 Å². The molecule has 2 saturated heterocycles. The Kier molecular flexibility index (Phi) is 6.33. The van der Waals surface area contributed by atoms with Crippen LogP contribution in [-0.2, 0) is 14.8 Å². The standard InChI is InChI=1S/C19H27N3O6S/c1-4-7-22-19(24)16-10-13(12-21(16)8-9-29(22,25)26)20-18(23)15-6-5-14(27-2)11-17(15)28-3/h5-6,11,13,16H,4,7-10,12H2,1-3H3,(H,20,23)/t13-,16-/m0/s1. The minimum atomic E-state index is -3.59. The van der Waals surface area contributed by atoms with Gasteiger partial charge in [0.2, 0.25) is 10.0 Å². The zero-order valence-corrected chi connectivity index (χ0v) is 17.7. The highest BCUT2D eigenvalue weighted by atomic mass is 32.2. The molecule has 2 aliphatic heterocycles. The Bertz CT molecular complexity index is 888. The number of carbonyl (C=O) groups excluding carboxylic acids is 2. The Morgan fingerprint density at radius 1 is 1.28 bits per heavy atom. The minimum Gasteiger partial charge on any atom is -0.497 e. The summed E-state index contributed by atoms with van der Waals surface area (Å²) in [5, 5.41) is 2.95. The summed E-state index contributed by atoms with van der Waals surface area (Å²) in [5.41, 5.74) is 0.372. The van der Waals surface area contributed by atoms with Crippen molar-refractivity contribution in [1.82, 2.24) is 14.5 Å². The summed E-state index contributed by atoms with van der Waals surface area (Å²) in [6.45, 7) is 2.73. The Balaban J connectivity index is 1.73. The fraction of sp³-hybridized carbons (Fsp3) is 0.579. The van der Waals surface area contributed by atoms with Crippen LogP contribution in [0.5, 0.6) is 11.5 Å². The second-order valence-electron chi connectivity index (χ2n) is 7.21. The number of hydrogen-bond acceptors (Lipinski definition) is 7. The van der Waals surface area contributed by atoms with Crippen LogP contribution in [0.1, 0.15) is 30.1 Å². The molecule has 2 amide bonds. The number of amides is 2. The topological polar surface area (TPSA) is 105 Å². The van der Waals surface area contributed by atoms with Crippen molar-refractivity contribution in [3.8, 4) is 11.5 Å². The van der Waals surface area contributed by atoms with E-state index in [1.54, 1.807) is 18.2 Å². The van der Waals surface area contributed by atoms with Crippen LogP contribution >= 0.6 is 0 Å². The van der Waals surface area contributed by atoms with Crippen molar-refractivity contribution in [1.29, 1.82) is 0 Å². The van der Waals surface area contributed by atoms with E-state index in [1.807, 2.05) is 11.8 Å². The number of fused-ring (bicyclic) bond motifs is 1. The summed E-state index contributed by atoms with van der Waals surface area (Å²) in [6, 6.07) is 4.14. The molecule has 1 N–H and O–H groups in total. The van der Waals surface area contributed by atoms with Crippen LogP contribution in [0.25, 0.3) is 0 Å². The molecule has 0 spiro atoms. The smallest absolute Gasteiger partial charge is 0.255 e. The summed E-state index contributed by atoms with van der Waals surface area (Å²) >= 11 is 0. The molecule has 2 aliphatic rings. The summed E-state index contributed by atoms with van der Waals surface area (Å²) < 4.78 is 36.2. The molecular weight excluding hydrogens is 398 g/mol. The van der Waals surface area contributed by atoms with Crippen LogP contribution in [0, 0.1) is 0 Å². The minimum absolute atomic E-state index is 0.0950. The van der Waals surface area contributed by atoms with E-state index in [9.17, 15) is 18.0 Å². The van der Waals surface area contributed by atoms with Crippen LogP contribution in [-0.4, -0.2) is 81.1 Å². The maximum Gasteiger partial charge on any atom is 0.255 e. The van der Waals surface area contributed by atoms with Gasteiger partial charge in [-0.2, -0.15) is 0 Å². The molecule has 0 bridgehead atoms. The number of hydrogen-bond donors (Lipinski definition) is 1. The molecule has 2 atom stereocenters. The molecule has 1 aromatic rings. The van der Waals surface area contributed by atoms with Gasteiger partial charge in [0.1, 0.15) is 11.5 Å². The molecule has 0 radical (unpaired) electrons. The van der Waals surface area contributed by atoms with E-state index in [2.05, 4.69) is 5.32 Å². The number of ether oxygens (including phenoxy) is 2. The van der Waals surface area contributed by atoms with Crippen molar-refractivity contribution in [2.24, 2.45) is 0 Å². The normalized spacial score (nSPS) is 24.0. The Morgan fingerprint density at radius 2 is 2.03 bits per heavy atom. The van der Waals surface area contributed by atoms with Crippen molar-refractivity contribution in [3.05, 3.63) is 23.8 Å². The third-order valence-electron chi connectivity index (χ3n) is 5.32. The van der Waals surface area contributed by atoms with E-state index in [0.717, 1.165) is 4.31 Å². The first-order chi connectivity index (χ1) is 13.8. The summed E-state index contributed by atoms with van der Waals surface area (Å²) in [6.07, 6.45) is 0.938. The fourth-order valence-corrected chi connectivity index (χ4v) is 5.40. The van der Waals surface area contributed by atoms with E-state index in [1.165, 1.54) is 14.2 Å². The number of benzene rings is 1. The Morgan fingerprint density at radius 3 is 2.69 bits per heavy atom. The average molecular weight is 426 g/mol. The second kappa shape index (κ2) is 8.58. The van der Waals surface area contributed by atoms with Crippen LogP contribution in [0.4, 0.5) is 0 Å². The third kappa shape index (κ3) is 4.32. The maximum atomic E-state index is 12.9. The molecule has 2 heterocycles. The van der Waals surface area contributed by atoms with Crippen molar-refractivity contribution >= 4 is 21.8 Å². The Hall–Kier alpha value is -2.33. The third-order valence-corrected chi connectivity index (χ3v) is 7.05. The number of sulfonamides is 1. The first-order valence-corrected chi connectivity index (χ1v) is 11.2. The van der Waals surface area contributed by atoms with E-state index in [-0.39, 0.29) is 30.8 Å². The molecule has 10 heteroatoms. The predicted octanol–water partition coefficient (Wildman–Crippen LogP) is 0.459. The lowest BCUT2D eigenvalue weighted by Gasteiger charge is -2.23. The maximum absolute atomic E-state index is 12.9. The molecule has 0 unspecified atom stereocenters. The number of nitrogens with zero attached hydrogens (tertiary/aromatic N) is 2. The van der Waals surface area contributed by atoms with Gasteiger partial charge in [-0.15, -0.1) is 0 Å². The highest BCUT2D eigenvalue weighted by Crippen LogP contribution is 2.27. The summed E-state index contributed by atoms with van der Waals surface area (Å²) in [4.78, 5) is 27.5. The summed E-state index contributed by atoms with van der Waals surface area (Å²) in [5.74, 6) is 0.171.